The summed E-state index contributed by atoms with van der Waals surface area (Å²) in [4.78, 5) is 19.7. The minimum Gasteiger partial charge on any atom is -0.497 e. The lowest BCUT2D eigenvalue weighted by atomic mass is 10.2. The van der Waals surface area contributed by atoms with Crippen molar-refractivity contribution in [1.29, 1.82) is 0 Å². The van der Waals surface area contributed by atoms with Crippen LogP contribution in [0.3, 0.4) is 0 Å². The minimum absolute atomic E-state index is 0.213. The number of guanidine groups is 1. The number of nitrogens with zero attached hydrogens (tertiary/aromatic N) is 3. The highest BCUT2D eigenvalue weighted by Gasteiger charge is 2.41. The first-order valence-corrected chi connectivity index (χ1v) is 9.45. The zero-order valence-corrected chi connectivity index (χ0v) is 16.9. The molecule has 162 valence electrons. The summed E-state index contributed by atoms with van der Waals surface area (Å²) in [6, 6.07) is 5.41. The first-order valence-electron chi connectivity index (χ1n) is 9.45. The predicted octanol–water partition coefficient (Wildman–Crippen LogP) is 1.57. The van der Waals surface area contributed by atoms with E-state index in [1.807, 2.05) is 4.90 Å². The summed E-state index contributed by atoms with van der Waals surface area (Å²) in [5, 5.41) is 5.95. The molecule has 1 atom stereocenters. The van der Waals surface area contributed by atoms with Gasteiger partial charge in [0.1, 0.15) is 11.8 Å². The molecule has 1 aromatic rings. The summed E-state index contributed by atoms with van der Waals surface area (Å²) in [5.41, 5.74) is 0.503. The fourth-order valence-corrected chi connectivity index (χ4v) is 3.08. The molecule has 2 rings (SSSR count). The smallest absolute Gasteiger partial charge is 0.403 e. The molecular formula is C19H28F3N5O2. The largest absolute Gasteiger partial charge is 0.497 e. The van der Waals surface area contributed by atoms with Gasteiger partial charge in [-0.05, 0) is 25.1 Å². The fourth-order valence-electron chi connectivity index (χ4n) is 3.08. The van der Waals surface area contributed by atoms with Crippen molar-refractivity contribution >= 4 is 11.9 Å². The molecule has 0 saturated carbocycles. The van der Waals surface area contributed by atoms with Crippen molar-refractivity contribution in [3.8, 4) is 5.75 Å². The van der Waals surface area contributed by atoms with E-state index >= 15 is 0 Å². The maximum absolute atomic E-state index is 12.9. The number of piperazine rings is 1. The van der Waals surface area contributed by atoms with Crippen molar-refractivity contribution in [2.45, 2.75) is 19.1 Å². The van der Waals surface area contributed by atoms with Gasteiger partial charge in [0, 0.05) is 51.9 Å². The van der Waals surface area contributed by atoms with Gasteiger partial charge in [-0.2, -0.15) is 13.2 Å². The summed E-state index contributed by atoms with van der Waals surface area (Å²) < 4.78 is 43.7. The molecule has 1 aromatic carbocycles. The molecule has 0 bridgehead atoms. The van der Waals surface area contributed by atoms with Gasteiger partial charge in [0.15, 0.2) is 5.96 Å². The van der Waals surface area contributed by atoms with Crippen molar-refractivity contribution in [1.82, 2.24) is 20.4 Å². The quantitative estimate of drug-likeness (QED) is 0.419. The molecule has 1 heterocycles. The number of carbonyl (C=O) groups is 1. The standard InChI is InChI=1S/C19H28F3N5O2/c1-14(19(20,21)22)26-9-11-27(12-10-26)18(23-2)25-8-7-24-17(28)15-5-4-6-16(13-15)29-3/h4-6,13-14H,7-12H2,1-3H3,(H,23,25)(H,24,28). The molecule has 7 nitrogen and oxygen atoms in total. The van der Waals surface area contributed by atoms with Crippen LogP contribution in [0.1, 0.15) is 17.3 Å². The number of aliphatic imine (C=N–C) groups is 1. The molecule has 1 aliphatic rings. The van der Waals surface area contributed by atoms with E-state index in [-0.39, 0.29) is 5.91 Å². The van der Waals surface area contributed by atoms with Crippen molar-refractivity contribution in [2.75, 3.05) is 53.4 Å². The van der Waals surface area contributed by atoms with E-state index in [0.29, 0.717) is 56.5 Å². The number of nitrogens with one attached hydrogen (secondary N) is 2. The normalized spacial score (nSPS) is 17.0. The molecule has 10 heteroatoms. The number of ether oxygens (including phenoxy) is 1. The third-order valence-electron chi connectivity index (χ3n) is 4.87. The molecule has 1 saturated heterocycles. The van der Waals surface area contributed by atoms with Crippen LogP contribution >= 0.6 is 0 Å². The second kappa shape index (κ2) is 10.3. The summed E-state index contributed by atoms with van der Waals surface area (Å²) in [5.74, 6) is 1.01. The van der Waals surface area contributed by atoms with Gasteiger partial charge in [-0.25, -0.2) is 0 Å². The number of carbonyl (C=O) groups excluding carboxylic acids is 1. The van der Waals surface area contributed by atoms with Gasteiger partial charge in [-0.3, -0.25) is 14.7 Å². The Morgan fingerprint density at radius 1 is 1.21 bits per heavy atom. The molecule has 0 radical (unpaired) electrons. The third-order valence-corrected chi connectivity index (χ3v) is 4.87. The van der Waals surface area contributed by atoms with Gasteiger partial charge >= 0.3 is 6.18 Å². The van der Waals surface area contributed by atoms with Crippen LogP contribution in [0.5, 0.6) is 5.75 Å². The SMILES string of the molecule is CN=C(NCCNC(=O)c1cccc(OC)c1)N1CCN(C(C)C(F)(F)F)CC1. The van der Waals surface area contributed by atoms with Crippen LogP contribution in [0.2, 0.25) is 0 Å². The van der Waals surface area contributed by atoms with Crippen molar-refractivity contribution < 1.29 is 22.7 Å². The molecule has 1 unspecified atom stereocenters. The third kappa shape index (κ3) is 6.52. The van der Waals surface area contributed by atoms with Gasteiger partial charge < -0.3 is 20.3 Å². The van der Waals surface area contributed by atoms with E-state index in [1.54, 1.807) is 31.3 Å². The van der Waals surface area contributed by atoms with E-state index < -0.39 is 12.2 Å². The number of benzene rings is 1. The van der Waals surface area contributed by atoms with Crippen LogP contribution in [0.4, 0.5) is 13.2 Å². The monoisotopic (exact) mass is 415 g/mol. The number of hydrogen-bond acceptors (Lipinski definition) is 4. The Labute approximate surface area is 168 Å². The van der Waals surface area contributed by atoms with Crippen LogP contribution in [0, 0.1) is 0 Å². The number of rotatable bonds is 6. The molecule has 0 spiro atoms. The van der Waals surface area contributed by atoms with E-state index in [1.165, 1.54) is 18.9 Å². The second-order valence-corrected chi connectivity index (χ2v) is 6.70. The lowest BCUT2D eigenvalue weighted by molar-refractivity contribution is -0.181. The Hall–Kier alpha value is -2.49. The average molecular weight is 415 g/mol. The number of methoxy groups -OCH3 is 1. The number of hydrogen-bond donors (Lipinski definition) is 2. The number of alkyl halides is 3. The van der Waals surface area contributed by atoms with E-state index in [2.05, 4.69) is 15.6 Å². The average Bonchev–Trinajstić information content (AvgIpc) is 2.72. The topological polar surface area (TPSA) is 69.2 Å². The fraction of sp³-hybridized carbons (Fsp3) is 0.579. The van der Waals surface area contributed by atoms with Crippen molar-refractivity contribution in [3.63, 3.8) is 0 Å². The summed E-state index contributed by atoms with van der Waals surface area (Å²) in [7, 11) is 3.16. The Balaban J connectivity index is 1.75. The Kier molecular flexibility index (Phi) is 8.12. The van der Waals surface area contributed by atoms with Crippen LogP contribution in [-0.4, -0.2) is 87.3 Å². The lowest BCUT2D eigenvalue weighted by Gasteiger charge is -2.39. The summed E-state index contributed by atoms with van der Waals surface area (Å²) >= 11 is 0. The first kappa shape index (κ1) is 22.8. The number of amides is 1. The molecular weight excluding hydrogens is 387 g/mol. The van der Waals surface area contributed by atoms with Crippen molar-refractivity contribution in [3.05, 3.63) is 29.8 Å². The molecule has 2 N–H and O–H groups in total. The van der Waals surface area contributed by atoms with Crippen LogP contribution in [0.25, 0.3) is 0 Å². The van der Waals surface area contributed by atoms with E-state index in [0.717, 1.165) is 0 Å². The molecule has 29 heavy (non-hydrogen) atoms. The highest BCUT2D eigenvalue weighted by Crippen LogP contribution is 2.25. The molecule has 1 fully saturated rings. The molecule has 0 aromatic heterocycles. The van der Waals surface area contributed by atoms with Gasteiger partial charge in [0.2, 0.25) is 0 Å². The highest BCUT2D eigenvalue weighted by atomic mass is 19.4. The highest BCUT2D eigenvalue weighted by molar-refractivity contribution is 5.94. The summed E-state index contributed by atoms with van der Waals surface area (Å²) in [6.07, 6.45) is -4.22. The molecule has 1 aliphatic heterocycles. The van der Waals surface area contributed by atoms with Gasteiger partial charge in [0.25, 0.3) is 5.91 Å². The minimum atomic E-state index is -4.22. The van der Waals surface area contributed by atoms with Gasteiger partial charge in [0.05, 0.1) is 7.11 Å². The van der Waals surface area contributed by atoms with Crippen molar-refractivity contribution in [2.24, 2.45) is 4.99 Å². The molecule has 0 aliphatic carbocycles. The van der Waals surface area contributed by atoms with E-state index in [4.69, 9.17) is 4.74 Å². The van der Waals surface area contributed by atoms with Gasteiger partial charge in [-0.1, -0.05) is 6.07 Å². The van der Waals surface area contributed by atoms with Crippen LogP contribution < -0.4 is 15.4 Å². The van der Waals surface area contributed by atoms with Crippen LogP contribution in [0.15, 0.2) is 29.3 Å². The first-order chi connectivity index (χ1) is 13.8. The van der Waals surface area contributed by atoms with E-state index in [9.17, 15) is 18.0 Å². The van der Waals surface area contributed by atoms with Crippen LogP contribution in [-0.2, 0) is 0 Å². The maximum atomic E-state index is 12.9. The second-order valence-electron chi connectivity index (χ2n) is 6.70. The van der Waals surface area contributed by atoms with Gasteiger partial charge in [-0.15, -0.1) is 0 Å². The maximum Gasteiger partial charge on any atom is 0.403 e. The molecule has 1 amide bonds. The number of halogens is 3. The Bertz CT molecular complexity index is 703. The zero-order valence-electron chi connectivity index (χ0n) is 16.9. The predicted molar refractivity (Wildman–Crippen MR) is 105 cm³/mol. The summed E-state index contributed by atoms with van der Waals surface area (Å²) in [6.45, 7) is 3.55. The Morgan fingerprint density at radius 2 is 1.86 bits per heavy atom. The lowest BCUT2D eigenvalue weighted by Crippen LogP contribution is -2.57. The zero-order chi connectivity index (χ0) is 21.4. The Morgan fingerprint density at radius 3 is 2.45 bits per heavy atom.